The number of aromatic amines is 1. The second kappa shape index (κ2) is 5.69. The van der Waals surface area contributed by atoms with E-state index in [-0.39, 0.29) is 5.91 Å². The number of carbonyl (C=O) groups excluding carboxylic acids is 1. The Morgan fingerprint density at radius 1 is 1.39 bits per heavy atom. The third-order valence-electron chi connectivity index (χ3n) is 4.57. The number of H-pyrrole nitrogens is 1. The summed E-state index contributed by atoms with van der Waals surface area (Å²) in [7, 11) is 0. The molecule has 6 nitrogen and oxygen atoms in total. The van der Waals surface area contributed by atoms with Crippen molar-refractivity contribution in [3.05, 3.63) is 40.4 Å². The monoisotopic (exact) mass is 334 g/mol. The highest BCUT2D eigenvalue weighted by Gasteiger charge is 2.33. The first-order valence-corrected chi connectivity index (χ1v) is 8.37. The molecule has 0 unspecified atom stereocenters. The van der Waals surface area contributed by atoms with Gasteiger partial charge in [0.1, 0.15) is 11.8 Å². The summed E-state index contributed by atoms with van der Waals surface area (Å²) in [4.78, 5) is 17.3. The lowest BCUT2D eigenvalue weighted by molar-refractivity contribution is 0.0740. The number of carbonyl (C=O) groups is 1. The fourth-order valence-corrected chi connectivity index (χ4v) is 3.28. The molecule has 1 fully saturated rings. The SMILES string of the molecule is O=C(c1cc(Cl)c[nH]1)N1CCCn2nc([C@H](O)C3CC3)cc2C1. The molecule has 1 amide bonds. The van der Waals surface area contributed by atoms with E-state index in [1.54, 1.807) is 17.2 Å². The third-order valence-corrected chi connectivity index (χ3v) is 4.79. The molecule has 0 spiro atoms. The predicted molar refractivity (Wildman–Crippen MR) is 85.1 cm³/mol. The number of nitrogens with one attached hydrogen (secondary N) is 1. The van der Waals surface area contributed by atoms with Crippen molar-refractivity contribution in [2.45, 2.75) is 38.5 Å². The van der Waals surface area contributed by atoms with E-state index in [1.807, 2.05) is 10.7 Å². The van der Waals surface area contributed by atoms with E-state index >= 15 is 0 Å². The molecule has 2 aliphatic rings. The van der Waals surface area contributed by atoms with Crippen LogP contribution in [0.15, 0.2) is 18.3 Å². The Kier molecular flexibility index (Phi) is 3.66. The highest BCUT2D eigenvalue weighted by molar-refractivity contribution is 6.30. The van der Waals surface area contributed by atoms with Crippen LogP contribution in [0.1, 0.15) is 47.2 Å². The number of aliphatic hydroxyl groups is 1. The van der Waals surface area contributed by atoms with Crippen LogP contribution in [-0.2, 0) is 13.1 Å². The number of aromatic nitrogens is 3. The maximum Gasteiger partial charge on any atom is 0.270 e. The lowest BCUT2D eigenvalue weighted by atomic mass is 10.1. The maximum absolute atomic E-state index is 12.6. The van der Waals surface area contributed by atoms with Gasteiger partial charge in [-0.2, -0.15) is 5.10 Å². The lowest BCUT2D eigenvalue weighted by Gasteiger charge is -2.19. The fraction of sp³-hybridized carbons (Fsp3) is 0.500. The van der Waals surface area contributed by atoms with Crippen LogP contribution in [0.5, 0.6) is 0 Å². The van der Waals surface area contributed by atoms with Crippen molar-refractivity contribution in [2.75, 3.05) is 6.54 Å². The average Bonchev–Trinajstić information content (AvgIpc) is 3.24. The Labute approximate surface area is 139 Å². The topological polar surface area (TPSA) is 74.2 Å². The number of nitrogens with zero attached hydrogens (tertiary/aromatic N) is 3. The van der Waals surface area contributed by atoms with Gasteiger partial charge in [-0.3, -0.25) is 9.48 Å². The number of aryl methyl sites for hydroxylation is 1. The lowest BCUT2D eigenvalue weighted by Crippen LogP contribution is -2.30. The number of hydrogen-bond donors (Lipinski definition) is 2. The molecule has 23 heavy (non-hydrogen) atoms. The van der Waals surface area contributed by atoms with Crippen molar-refractivity contribution in [1.29, 1.82) is 0 Å². The smallest absolute Gasteiger partial charge is 0.270 e. The maximum atomic E-state index is 12.6. The van der Waals surface area contributed by atoms with Crippen LogP contribution in [0.4, 0.5) is 0 Å². The van der Waals surface area contributed by atoms with Crippen LogP contribution < -0.4 is 0 Å². The summed E-state index contributed by atoms with van der Waals surface area (Å²) in [5, 5.41) is 15.3. The number of rotatable bonds is 3. The number of halogens is 1. The van der Waals surface area contributed by atoms with Crippen LogP contribution in [0.25, 0.3) is 0 Å². The van der Waals surface area contributed by atoms with Gasteiger partial charge in [0.05, 0.1) is 23.0 Å². The zero-order chi connectivity index (χ0) is 16.0. The van der Waals surface area contributed by atoms with Crippen LogP contribution in [0, 0.1) is 5.92 Å². The van der Waals surface area contributed by atoms with Gasteiger partial charge in [-0.05, 0) is 37.3 Å². The Morgan fingerprint density at radius 3 is 2.91 bits per heavy atom. The minimum atomic E-state index is -0.471. The van der Waals surface area contributed by atoms with Gasteiger partial charge in [-0.1, -0.05) is 11.6 Å². The Morgan fingerprint density at radius 2 is 2.22 bits per heavy atom. The zero-order valence-electron chi connectivity index (χ0n) is 12.7. The largest absolute Gasteiger partial charge is 0.386 e. The van der Waals surface area contributed by atoms with E-state index in [2.05, 4.69) is 10.1 Å². The van der Waals surface area contributed by atoms with E-state index < -0.39 is 6.10 Å². The molecule has 3 heterocycles. The van der Waals surface area contributed by atoms with E-state index in [0.717, 1.165) is 37.2 Å². The fourth-order valence-electron chi connectivity index (χ4n) is 3.12. The van der Waals surface area contributed by atoms with Gasteiger partial charge in [-0.15, -0.1) is 0 Å². The molecule has 4 rings (SSSR count). The highest BCUT2D eigenvalue weighted by atomic mass is 35.5. The van der Waals surface area contributed by atoms with Gasteiger partial charge in [-0.25, -0.2) is 0 Å². The summed E-state index contributed by atoms with van der Waals surface area (Å²) in [6.45, 7) is 1.95. The molecule has 0 radical (unpaired) electrons. The van der Waals surface area contributed by atoms with Crippen LogP contribution in [0.2, 0.25) is 5.02 Å². The molecule has 2 N–H and O–H groups in total. The molecule has 1 aliphatic heterocycles. The van der Waals surface area contributed by atoms with Gasteiger partial charge in [0.2, 0.25) is 0 Å². The first kappa shape index (κ1) is 14.8. The summed E-state index contributed by atoms with van der Waals surface area (Å²) >= 11 is 5.89. The van der Waals surface area contributed by atoms with Crippen molar-refractivity contribution < 1.29 is 9.90 Å². The molecule has 1 saturated carbocycles. The second-order valence-electron chi connectivity index (χ2n) is 6.38. The average molecular weight is 335 g/mol. The molecule has 2 aromatic heterocycles. The molecule has 2 aromatic rings. The van der Waals surface area contributed by atoms with Gasteiger partial charge in [0.15, 0.2) is 0 Å². The molecule has 1 aliphatic carbocycles. The molecular formula is C16H19ClN4O2. The van der Waals surface area contributed by atoms with E-state index in [1.165, 1.54) is 0 Å². The minimum Gasteiger partial charge on any atom is -0.386 e. The van der Waals surface area contributed by atoms with Crippen LogP contribution >= 0.6 is 11.6 Å². The third kappa shape index (κ3) is 2.88. The molecule has 0 bridgehead atoms. The molecule has 1 atom stereocenters. The van der Waals surface area contributed by atoms with Gasteiger partial charge >= 0.3 is 0 Å². The Balaban J connectivity index is 1.55. The summed E-state index contributed by atoms with van der Waals surface area (Å²) in [5.74, 6) is 0.295. The quantitative estimate of drug-likeness (QED) is 0.904. The summed E-state index contributed by atoms with van der Waals surface area (Å²) in [5.41, 5.74) is 2.21. The molecule has 122 valence electrons. The molecule has 0 aromatic carbocycles. The first-order chi connectivity index (χ1) is 11.1. The van der Waals surface area contributed by atoms with Gasteiger partial charge in [0, 0.05) is 19.3 Å². The summed E-state index contributed by atoms with van der Waals surface area (Å²) in [6.07, 6.45) is 4.12. The minimum absolute atomic E-state index is 0.0594. The van der Waals surface area contributed by atoms with Crippen molar-refractivity contribution >= 4 is 17.5 Å². The first-order valence-electron chi connectivity index (χ1n) is 7.99. The molecule has 0 saturated heterocycles. The Hall–Kier alpha value is -1.79. The van der Waals surface area contributed by atoms with E-state index in [4.69, 9.17) is 11.6 Å². The van der Waals surface area contributed by atoms with Crippen LogP contribution in [0.3, 0.4) is 0 Å². The molecule has 7 heteroatoms. The van der Waals surface area contributed by atoms with Crippen molar-refractivity contribution in [1.82, 2.24) is 19.7 Å². The number of aliphatic hydroxyl groups excluding tert-OH is 1. The van der Waals surface area contributed by atoms with Crippen LogP contribution in [-0.4, -0.2) is 37.2 Å². The van der Waals surface area contributed by atoms with Crippen molar-refractivity contribution in [2.24, 2.45) is 5.92 Å². The predicted octanol–water partition coefficient (Wildman–Crippen LogP) is 2.35. The van der Waals surface area contributed by atoms with Gasteiger partial charge < -0.3 is 15.0 Å². The standard InChI is InChI=1S/C16H19ClN4O2/c17-11-6-14(18-8-11)16(23)20-4-1-5-21-12(9-20)7-13(19-21)15(22)10-2-3-10/h6-8,10,15,18,22H,1-5,9H2/t15-/m1/s1. The van der Waals surface area contributed by atoms with Gasteiger partial charge in [0.25, 0.3) is 5.91 Å². The van der Waals surface area contributed by atoms with Crippen molar-refractivity contribution in [3.8, 4) is 0 Å². The number of fused-ring (bicyclic) bond motifs is 1. The summed E-state index contributed by atoms with van der Waals surface area (Å²) in [6, 6.07) is 3.59. The van der Waals surface area contributed by atoms with E-state index in [9.17, 15) is 9.90 Å². The number of amides is 1. The second-order valence-corrected chi connectivity index (χ2v) is 6.81. The Bertz CT molecular complexity index is 734. The zero-order valence-corrected chi connectivity index (χ0v) is 13.5. The van der Waals surface area contributed by atoms with E-state index in [0.29, 0.717) is 29.7 Å². The van der Waals surface area contributed by atoms with Crippen molar-refractivity contribution in [3.63, 3.8) is 0 Å². The normalized spacial score (nSPS) is 19.3. The number of hydrogen-bond acceptors (Lipinski definition) is 3. The highest BCUT2D eigenvalue weighted by Crippen LogP contribution is 2.40. The molecular weight excluding hydrogens is 316 g/mol. The summed E-state index contributed by atoms with van der Waals surface area (Å²) < 4.78 is 1.93.